The molecule has 0 aromatic carbocycles. The lowest BCUT2D eigenvalue weighted by Gasteiger charge is -2.54. The highest BCUT2D eigenvalue weighted by atomic mass is 16.5. The molecule has 134 valence electrons. The molecule has 1 amide bonds. The van der Waals surface area contributed by atoms with Crippen molar-refractivity contribution in [2.75, 3.05) is 26.7 Å². The van der Waals surface area contributed by atoms with E-state index in [0.29, 0.717) is 12.6 Å². The van der Waals surface area contributed by atoms with Gasteiger partial charge in [-0.25, -0.2) is 0 Å². The number of methoxy groups -OCH3 is 1. The van der Waals surface area contributed by atoms with E-state index in [1.54, 1.807) is 0 Å². The van der Waals surface area contributed by atoms with Crippen molar-refractivity contribution in [1.29, 1.82) is 0 Å². The third-order valence-corrected chi connectivity index (χ3v) is 7.04. The number of piperidine rings is 1. The van der Waals surface area contributed by atoms with Gasteiger partial charge in [0.2, 0.25) is 5.91 Å². The Morgan fingerprint density at radius 2 is 1.58 bits per heavy atom. The van der Waals surface area contributed by atoms with Gasteiger partial charge in [0, 0.05) is 6.04 Å². The largest absolute Gasteiger partial charge is 0.469 e. The van der Waals surface area contributed by atoms with Gasteiger partial charge in [-0.1, -0.05) is 0 Å². The Labute approximate surface area is 144 Å². The number of amides is 1. The molecular formula is C19H30N2O3. The van der Waals surface area contributed by atoms with E-state index in [-0.39, 0.29) is 17.8 Å². The molecule has 1 heterocycles. The van der Waals surface area contributed by atoms with Gasteiger partial charge in [0.05, 0.1) is 19.6 Å². The van der Waals surface area contributed by atoms with Gasteiger partial charge < -0.3 is 10.1 Å². The summed E-state index contributed by atoms with van der Waals surface area (Å²) in [5, 5.41) is 3.38. The topological polar surface area (TPSA) is 58.6 Å². The molecule has 0 aromatic rings. The number of nitrogens with one attached hydrogen (secondary N) is 1. The van der Waals surface area contributed by atoms with Crippen molar-refractivity contribution < 1.29 is 14.3 Å². The van der Waals surface area contributed by atoms with E-state index in [1.165, 1.54) is 39.2 Å². The molecule has 0 radical (unpaired) electrons. The highest BCUT2D eigenvalue weighted by molar-refractivity contribution is 5.78. The average molecular weight is 334 g/mol. The third kappa shape index (κ3) is 3.19. The van der Waals surface area contributed by atoms with Crippen LogP contribution in [0.5, 0.6) is 0 Å². The first-order valence-electron chi connectivity index (χ1n) is 9.72. The van der Waals surface area contributed by atoms with E-state index in [1.807, 2.05) is 0 Å². The van der Waals surface area contributed by atoms with Crippen LogP contribution in [-0.2, 0) is 14.3 Å². The zero-order chi connectivity index (χ0) is 16.7. The number of carbonyl (C=O) groups is 2. The maximum absolute atomic E-state index is 12.5. The molecular weight excluding hydrogens is 304 g/mol. The molecule has 5 rings (SSSR count). The van der Waals surface area contributed by atoms with Gasteiger partial charge in [-0.05, 0) is 81.7 Å². The van der Waals surface area contributed by atoms with Crippen LogP contribution in [0.2, 0.25) is 0 Å². The second-order valence-corrected chi connectivity index (χ2v) is 8.60. The first-order valence-corrected chi connectivity index (χ1v) is 9.72. The molecule has 0 aromatic heterocycles. The Morgan fingerprint density at radius 3 is 2.12 bits per heavy atom. The predicted molar refractivity (Wildman–Crippen MR) is 90.2 cm³/mol. The van der Waals surface area contributed by atoms with Crippen LogP contribution >= 0.6 is 0 Å². The summed E-state index contributed by atoms with van der Waals surface area (Å²) in [5.74, 6) is 3.44. The van der Waals surface area contributed by atoms with E-state index in [9.17, 15) is 9.59 Å². The maximum atomic E-state index is 12.5. The summed E-state index contributed by atoms with van der Waals surface area (Å²) in [6.07, 6.45) is 8.40. The summed E-state index contributed by atoms with van der Waals surface area (Å²) >= 11 is 0. The fourth-order valence-electron chi connectivity index (χ4n) is 6.09. The number of likely N-dealkylation sites (tertiary alicyclic amines) is 1. The third-order valence-electron chi connectivity index (χ3n) is 7.04. The summed E-state index contributed by atoms with van der Waals surface area (Å²) in [6, 6.07) is 0.429. The van der Waals surface area contributed by atoms with Crippen molar-refractivity contribution >= 4 is 11.9 Å². The number of rotatable bonds is 4. The van der Waals surface area contributed by atoms with Crippen molar-refractivity contribution in [3.8, 4) is 0 Å². The van der Waals surface area contributed by atoms with Gasteiger partial charge in [0.15, 0.2) is 0 Å². The summed E-state index contributed by atoms with van der Waals surface area (Å²) < 4.78 is 4.82. The molecule has 0 spiro atoms. The first-order chi connectivity index (χ1) is 11.6. The summed E-state index contributed by atoms with van der Waals surface area (Å²) in [4.78, 5) is 26.3. The zero-order valence-electron chi connectivity index (χ0n) is 14.7. The van der Waals surface area contributed by atoms with Crippen LogP contribution in [0.4, 0.5) is 0 Å². The molecule has 5 fully saturated rings. The average Bonchev–Trinajstić information content (AvgIpc) is 2.57. The van der Waals surface area contributed by atoms with Crippen molar-refractivity contribution in [2.45, 2.75) is 51.0 Å². The highest BCUT2D eigenvalue weighted by Gasteiger charge is 2.48. The molecule has 1 aliphatic heterocycles. The smallest absolute Gasteiger partial charge is 0.308 e. The zero-order valence-corrected chi connectivity index (χ0v) is 14.7. The molecule has 4 bridgehead atoms. The van der Waals surface area contributed by atoms with Crippen LogP contribution in [0, 0.1) is 29.6 Å². The number of hydrogen-bond acceptors (Lipinski definition) is 4. The standard InChI is InChI=1S/C19H30N2O3/c1-24-19(23)14-2-4-21(5-3-14)11-17(22)20-18-15-7-12-6-13(9-15)10-16(18)8-12/h12-16,18H,2-11H2,1H3,(H,20,22). The SMILES string of the molecule is COC(=O)C1CCN(CC(=O)NC2C3CC4CC(C3)CC2C4)CC1. The lowest BCUT2D eigenvalue weighted by Crippen LogP contribution is -2.57. The van der Waals surface area contributed by atoms with E-state index in [0.717, 1.165) is 49.6 Å². The lowest BCUT2D eigenvalue weighted by atomic mass is 9.54. The van der Waals surface area contributed by atoms with Crippen LogP contribution in [0.15, 0.2) is 0 Å². The molecule has 5 aliphatic rings. The number of nitrogens with zero attached hydrogens (tertiary/aromatic N) is 1. The number of ether oxygens (including phenoxy) is 1. The Morgan fingerprint density at radius 1 is 1.00 bits per heavy atom. The number of esters is 1. The molecule has 5 heteroatoms. The van der Waals surface area contributed by atoms with Crippen LogP contribution in [0.3, 0.4) is 0 Å². The second-order valence-electron chi connectivity index (χ2n) is 8.60. The van der Waals surface area contributed by atoms with Crippen molar-refractivity contribution in [3.63, 3.8) is 0 Å². The molecule has 4 aliphatic carbocycles. The van der Waals surface area contributed by atoms with E-state index in [4.69, 9.17) is 4.74 Å². The fourth-order valence-corrected chi connectivity index (χ4v) is 6.09. The summed E-state index contributed by atoms with van der Waals surface area (Å²) in [7, 11) is 1.45. The molecule has 0 unspecified atom stereocenters. The van der Waals surface area contributed by atoms with Crippen molar-refractivity contribution in [3.05, 3.63) is 0 Å². The van der Waals surface area contributed by atoms with Gasteiger partial charge in [-0.15, -0.1) is 0 Å². The Hall–Kier alpha value is -1.10. The van der Waals surface area contributed by atoms with Gasteiger partial charge in [0.25, 0.3) is 0 Å². The van der Waals surface area contributed by atoms with Gasteiger partial charge in [-0.3, -0.25) is 14.5 Å². The van der Waals surface area contributed by atoms with Crippen molar-refractivity contribution in [2.24, 2.45) is 29.6 Å². The molecule has 5 nitrogen and oxygen atoms in total. The van der Waals surface area contributed by atoms with Crippen LogP contribution in [0.25, 0.3) is 0 Å². The minimum absolute atomic E-state index is 0.0127. The quantitative estimate of drug-likeness (QED) is 0.797. The molecule has 1 N–H and O–H groups in total. The summed E-state index contributed by atoms with van der Waals surface area (Å²) in [5.41, 5.74) is 0. The van der Waals surface area contributed by atoms with Gasteiger partial charge in [-0.2, -0.15) is 0 Å². The normalized spacial score (nSPS) is 39.0. The summed E-state index contributed by atoms with van der Waals surface area (Å²) in [6.45, 7) is 2.11. The van der Waals surface area contributed by atoms with Crippen LogP contribution < -0.4 is 5.32 Å². The maximum Gasteiger partial charge on any atom is 0.308 e. The van der Waals surface area contributed by atoms with Crippen molar-refractivity contribution in [1.82, 2.24) is 10.2 Å². The second kappa shape index (κ2) is 6.66. The Bertz CT molecular complexity index is 471. The van der Waals surface area contributed by atoms with E-state index < -0.39 is 0 Å². The first kappa shape index (κ1) is 16.4. The van der Waals surface area contributed by atoms with E-state index >= 15 is 0 Å². The predicted octanol–water partition coefficient (Wildman–Crippen LogP) is 1.81. The van der Waals surface area contributed by atoms with Crippen LogP contribution in [0.1, 0.15) is 44.9 Å². The Kier molecular flexibility index (Phi) is 4.54. The molecule has 1 saturated heterocycles. The van der Waals surface area contributed by atoms with Gasteiger partial charge in [0.1, 0.15) is 0 Å². The molecule has 24 heavy (non-hydrogen) atoms. The number of hydrogen-bond donors (Lipinski definition) is 1. The van der Waals surface area contributed by atoms with Crippen LogP contribution in [-0.4, -0.2) is 49.6 Å². The number of carbonyl (C=O) groups excluding carboxylic acids is 2. The lowest BCUT2D eigenvalue weighted by molar-refractivity contribution is -0.147. The van der Waals surface area contributed by atoms with Gasteiger partial charge >= 0.3 is 5.97 Å². The molecule has 0 atom stereocenters. The minimum Gasteiger partial charge on any atom is -0.469 e. The Balaban J connectivity index is 1.25. The molecule has 4 saturated carbocycles. The van der Waals surface area contributed by atoms with E-state index in [2.05, 4.69) is 10.2 Å². The monoisotopic (exact) mass is 334 g/mol. The fraction of sp³-hybridized carbons (Fsp3) is 0.895. The highest BCUT2D eigenvalue weighted by Crippen LogP contribution is 2.53. The minimum atomic E-state index is -0.104.